The predicted molar refractivity (Wildman–Crippen MR) is 58.6 cm³/mol. The first-order chi connectivity index (χ1) is 6.74. The molecule has 1 fully saturated rings. The summed E-state index contributed by atoms with van der Waals surface area (Å²) in [6, 6.07) is -0.0885. The zero-order valence-corrected chi connectivity index (χ0v) is 9.09. The fraction of sp³-hybridized carbons (Fsp3) is 0.778. The van der Waals surface area contributed by atoms with E-state index in [1.54, 1.807) is 4.90 Å². The van der Waals surface area contributed by atoms with Crippen molar-refractivity contribution in [3.05, 3.63) is 0 Å². The van der Waals surface area contributed by atoms with Crippen LogP contribution in [0.2, 0.25) is 0 Å². The molecular weight excluding hydrogens is 198 g/mol. The van der Waals surface area contributed by atoms with Gasteiger partial charge in [0.15, 0.2) is 0 Å². The van der Waals surface area contributed by atoms with Crippen molar-refractivity contribution in [1.29, 1.82) is 0 Å². The Balaban J connectivity index is 2.15. The number of carbonyl (C=O) groups excluding carboxylic acids is 1. The van der Waals surface area contributed by atoms with E-state index in [0.717, 1.165) is 12.2 Å². The molecule has 0 aromatic rings. The number of amides is 2. The Morgan fingerprint density at radius 1 is 1.71 bits per heavy atom. The summed E-state index contributed by atoms with van der Waals surface area (Å²) >= 11 is 1.94. The quantitative estimate of drug-likeness (QED) is 0.742. The maximum Gasteiger partial charge on any atom is 0.345 e. The van der Waals surface area contributed by atoms with Crippen LogP contribution >= 0.6 is 11.8 Å². The molecule has 1 saturated heterocycles. The highest BCUT2D eigenvalue weighted by Gasteiger charge is 2.39. The highest BCUT2D eigenvalue weighted by Crippen LogP contribution is 2.31. The fourth-order valence-electron chi connectivity index (χ4n) is 2.15. The van der Waals surface area contributed by atoms with E-state index >= 15 is 0 Å². The lowest BCUT2D eigenvalue weighted by Crippen LogP contribution is -2.45. The summed E-state index contributed by atoms with van der Waals surface area (Å²) in [4.78, 5) is 17.1. The lowest BCUT2D eigenvalue weighted by Gasteiger charge is -2.27. The third-order valence-electron chi connectivity index (χ3n) is 2.86. The van der Waals surface area contributed by atoms with Gasteiger partial charge in [0.25, 0.3) is 0 Å². The molecule has 0 spiro atoms. The van der Waals surface area contributed by atoms with E-state index in [9.17, 15) is 4.79 Å². The van der Waals surface area contributed by atoms with Crippen molar-refractivity contribution in [2.24, 2.45) is 16.6 Å². The molecule has 0 aromatic carbocycles. The summed E-state index contributed by atoms with van der Waals surface area (Å²) in [5, 5.41) is 0. The van der Waals surface area contributed by atoms with Gasteiger partial charge < -0.3 is 10.6 Å². The molecule has 0 saturated carbocycles. The molecule has 78 valence electrons. The SMILES string of the molecule is CCN1C(=O)N=C(N)C1C1CCSC1. The monoisotopic (exact) mass is 213 g/mol. The molecule has 0 aliphatic carbocycles. The van der Waals surface area contributed by atoms with Gasteiger partial charge in [0.05, 0.1) is 6.04 Å². The summed E-state index contributed by atoms with van der Waals surface area (Å²) in [5.74, 6) is 3.31. The summed E-state index contributed by atoms with van der Waals surface area (Å²) in [6.45, 7) is 2.68. The maximum atomic E-state index is 11.4. The Bertz CT molecular complexity index is 273. The van der Waals surface area contributed by atoms with Crippen LogP contribution in [0.1, 0.15) is 13.3 Å². The van der Waals surface area contributed by atoms with Crippen LogP contribution in [0.15, 0.2) is 4.99 Å². The first-order valence-electron chi connectivity index (χ1n) is 4.96. The van der Waals surface area contributed by atoms with Gasteiger partial charge in [0, 0.05) is 6.54 Å². The molecule has 14 heavy (non-hydrogen) atoms. The van der Waals surface area contributed by atoms with Crippen molar-refractivity contribution < 1.29 is 4.79 Å². The van der Waals surface area contributed by atoms with Gasteiger partial charge in [-0.15, -0.1) is 0 Å². The number of likely N-dealkylation sites (N-methyl/N-ethyl adjacent to an activating group) is 1. The number of nitrogens with zero attached hydrogens (tertiary/aromatic N) is 2. The Morgan fingerprint density at radius 2 is 2.50 bits per heavy atom. The van der Waals surface area contributed by atoms with Crippen molar-refractivity contribution in [2.45, 2.75) is 19.4 Å². The van der Waals surface area contributed by atoms with Gasteiger partial charge in [0.1, 0.15) is 5.84 Å². The number of carbonyl (C=O) groups is 1. The minimum Gasteiger partial charge on any atom is -0.385 e. The van der Waals surface area contributed by atoms with Gasteiger partial charge in [-0.05, 0) is 30.8 Å². The molecule has 2 aliphatic rings. The third-order valence-corrected chi connectivity index (χ3v) is 4.05. The van der Waals surface area contributed by atoms with Crippen LogP contribution in [0.4, 0.5) is 4.79 Å². The van der Waals surface area contributed by atoms with E-state index in [1.165, 1.54) is 5.75 Å². The minimum absolute atomic E-state index is 0.0718. The van der Waals surface area contributed by atoms with Crippen LogP contribution in [-0.2, 0) is 0 Å². The second-order valence-corrected chi connectivity index (χ2v) is 4.82. The van der Waals surface area contributed by atoms with Crippen LogP contribution in [0.25, 0.3) is 0 Å². The molecule has 2 unspecified atom stereocenters. The van der Waals surface area contributed by atoms with E-state index in [-0.39, 0.29) is 12.1 Å². The number of amidine groups is 1. The van der Waals surface area contributed by atoms with Crippen LogP contribution in [-0.4, -0.2) is 40.9 Å². The molecule has 5 heteroatoms. The maximum absolute atomic E-state index is 11.4. The number of hydrogen-bond acceptors (Lipinski definition) is 3. The Labute approximate surface area is 87.9 Å². The predicted octanol–water partition coefficient (Wildman–Crippen LogP) is 0.921. The van der Waals surface area contributed by atoms with Crippen LogP contribution in [0.3, 0.4) is 0 Å². The van der Waals surface area contributed by atoms with Crippen molar-refractivity contribution >= 4 is 23.6 Å². The molecule has 2 N–H and O–H groups in total. The van der Waals surface area contributed by atoms with Gasteiger partial charge in [0.2, 0.25) is 0 Å². The van der Waals surface area contributed by atoms with Crippen molar-refractivity contribution in [2.75, 3.05) is 18.1 Å². The molecule has 0 aromatic heterocycles. The van der Waals surface area contributed by atoms with Gasteiger partial charge in [-0.3, -0.25) is 0 Å². The molecule has 4 nitrogen and oxygen atoms in total. The van der Waals surface area contributed by atoms with Crippen LogP contribution < -0.4 is 5.73 Å². The van der Waals surface area contributed by atoms with E-state index in [2.05, 4.69) is 4.99 Å². The molecule has 0 bridgehead atoms. The molecule has 2 amide bonds. The lowest BCUT2D eigenvalue weighted by atomic mass is 9.98. The van der Waals surface area contributed by atoms with Gasteiger partial charge >= 0.3 is 6.03 Å². The van der Waals surface area contributed by atoms with Crippen molar-refractivity contribution in [3.8, 4) is 0 Å². The summed E-state index contributed by atoms with van der Waals surface area (Å²) in [6.07, 6.45) is 1.15. The fourth-order valence-corrected chi connectivity index (χ4v) is 3.44. The second-order valence-electron chi connectivity index (χ2n) is 3.67. The number of rotatable bonds is 2. The molecule has 0 radical (unpaired) electrons. The summed E-state index contributed by atoms with van der Waals surface area (Å²) < 4.78 is 0. The van der Waals surface area contributed by atoms with Crippen LogP contribution in [0.5, 0.6) is 0 Å². The topological polar surface area (TPSA) is 58.7 Å². The van der Waals surface area contributed by atoms with E-state index < -0.39 is 0 Å². The molecular formula is C9H15N3OS. The Kier molecular flexibility index (Phi) is 2.67. The average molecular weight is 213 g/mol. The first-order valence-corrected chi connectivity index (χ1v) is 6.12. The normalized spacial score (nSPS) is 32.5. The minimum atomic E-state index is -0.160. The first kappa shape index (κ1) is 9.83. The molecule has 2 atom stereocenters. The van der Waals surface area contributed by atoms with E-state index in [1.807, 2.05) is 18.7 Å². The smallest absolute Gasteiger partial charge is 0.345 e. The number of hydrogen-bond donors (Lipinski definition) is 1. The zero-order chi connectivity index (χ0) is 10.1. The average Bonchev–Trinajstić information content (AvgIpc) is 2.72. The summed E-state index contributed by atoms with van der Waals surface area (Å²) in [7, 11) is 0. The highest BCUT2D eigenvalue weighted by atomic mass is 32.2. The highest BCUT2D eigenvalue weighted by molar-refractivity contribution is 7.99. The Morgan fingerprint density at radius 3 is 3.07 bits per heavy atom. The molecule has 2 aliphatic heterocycles. The number of aliphatic imine (C=N–C) groups is 1. The second kappa shape index (κ2) is 3.81. The van der Waals surface area contributed by atoms with Gasteiger partial charge in [-0.1, -0.05) is 0 Å². The largest absolute Gasteiger partial charge is 0.385 e. The van der Waals surface area contributed by atoms with Crippen molar-refractivity contribution in [1.82, 2.24) is 4.90 Å². The molecule has 2 rings (SSSR count). The van der Waals surface area contributed by atoms with Gasteiger partial charge in [-0.2, -0.15) is 16.8 Å². The lowest BCUT2D eigenvalue weighted by molar-refractivity contribution is 0.197. The number of thioether (sulfide) groups is 1. The van der Waals surface area contributed by atoms with Gasteiger partial charge in [-0.25, -0.2) is 4.79 Å². The van der Waals surface area contributed by atoms with Crippen LogP contribution in [0, 0.1) is 5.92 Å². The number of nitrogens with two attached hydrogens (primary N) is 1. The number of urea groups is 1. The summed E-state index contributed by atoms with van der Waals surface area (Å²) in [5.41, 5.74) is 5.79. The standard InChI is InChI=1S/C9H15N3OS/c1-2-12-7(6-3-4-14-5-6)8(10)11-9(12)13/h6-7H,2-5H2,1H3,(H2,10,11,13). The van der Waals surface area contributed by atoms with E-state index in [0.29, 0.717) is 18.3 Å². The molecule has 2 heterocycles. The third kappa shape index (κ3) is 1.49. The van der Waals surface area contributed by atoms with E-state index in [4.69, 9.17) is 5.73 Å². The van der Waals surface area contributed by atoms with Crippen molar-refractivity contribution in [3.63, 3.8) is 0 Å². The Hall–Kier alpha value is -0.710. The zero-order valence-electron chi connectivity index (χ0n) is 8.27.